The lowest BCUT2D eigenvalue weighted by Gasteiger charge is -2.38. The number of benzene rings is 2. The van der Waals surface area contributed by atoms with Gasteiger partial charge in [-0.3, -0.25) is 4.79 Å². The summed E-state index contributed by atoms with van der Waals surface area (Å²) in [6.45, 7) is 3.82. The Morgan fingerprint density at radius 1 is 0.963 bits per heavy atom. The zero-order valence-corrected chi connectivity index (χ0v) is 15.8. The maximum absolute atomic E-state index is 12.5. The highest BCUT2D eigenvalue weighted by molar-refractivity contribution is 5.94. The molecular weight excluding hydrogens is 342 g/mol. The van der Waals surface area contributed by atoms with Crippen LogP contribution in [0.5, 0.6) is 11.5 Å². The second-order valence-corrected chi connectivity index (χ2v) is 6.92. The molecule has 1 aliphatic rings. The molecule has 0 aromatic heterocycles. The number of amides is 1. The minimum atomic E-state index is -0.563. The van der Waals surface area contributed by atoms with Crippen molar-refractivity contribution in [3.63, 3.8) is 0 Å². The van der Waals surface area contributed by atoms with E-state index < -0.39 is 5.97 Å². The minimum absolute atomic E-state index is 0.149. The Morgan fingerprint density at radius 2 is 1.59 bits per heavy atom. The van der Waals surface area contributed by atoms with Crippen molar-refractivity contribution in [2.75, 3.05) is 6.61 Å². The van der Waals surface area contributed by atoms with Crippen LogP contribution in [0.2, 0.25) is 0 Å². The fourth-order valence-electron chi connectivity index (χ4n) is 3.53. The van der Waals surface area contributed by atoms with Crippen LogP contribution in [-0.2, 0) is 9.53 Å². The van der Waals surface area contributed by atoms with Crippen molar-refractivity contribution >= 4 is 11.9 Å². The molecule has 5 heteroatoms. The van der Waals surface area contributed by atoms with Gasteiger partial charge in [-0.2, -0.15) is 0 Å². The molecule has 1 saturated heterocycles. The molecule has 0 radical (unpaired) electrons. The van der Waals surface area contributed by atoms with Crippen LogP contribution in [0, 0.1) is 0 Å². The molecule has 142 valence electrons. The van der Waals surface area contributed by atoms with Gasteiger partial charge in [-0.25, -0.2) is 4.79 Å². The first kappa shape index (κ1) is 19.0. The van der Waals surface area contributed by atoms with E-state index in [9.17, 15) is 9.59 Å². The highest BCUT2D eigenvalue weighted by Crippen LogP contribution is 2.26. The molecule has 2 aromatic carbocycles. The molecule has 0 spiro atoms. The van der Waals surface area contributed by atoms with Crippen LogP contribution in [0.25, 0.3) is 0 Å². The standard InChI is InChI=1S/C22H25NO4/c1-16-9-8-10-17(2)23(16)21(24)15-26-22(25)19-13-6-7-14-20(19)27-18-11-4-3-5-12-18/h3-7,11-14,16-17H,8-10,15H2,1-2H3/t16-,17-/m0/s1. The molecule has 0 unspecified atom stereocenters. The van der Waals surface area contributed by atoms with Crippen molar-refractivity contribution in [1.82, 2.24) is 4.90 Å². The molecule has 0 N–H and O–H groups in total. The monoisotopic (exact) mass is 367 g/mol. The molecule has 1 heterocycles. The number of hydrogen-bond donors (Lipinski definition) is 0. The van der Waals surface area contributed by atoms with Crippen molar-refractivity contribution in [2.24, 2.45) is 0 Å². The number of nitrogens with zero attached hydrogens (tertiary/aromatic N) is 1. The smallest absolute Gasteiger partial charge is 0.342 e. The van der Waals surface area contributed by atoms with Gasteiger partial charge in [0, 0.05) is 12.1 Å². The molecule has 2 aromatic rings. The Bertz CT molecular complexity index is 780. The van der Waals surface area contributed by atoms with Crippen LogP contribution in [-0.4, -0.2) is 35.5 Å². The number of piperidine rings is 1. The molecule has 0 aliphatic carbocycles. The lowest BCUT2D eigenvalue weighted by atomic mass is 9.97. The third-order valence-electron chi connectivity index (χ3n) is 4.89. The predicted octanol–water partition coefficient (Wildman–Crippen LogP) is 4.43. The van der Waals surface area contributed by atoms with Gasteiger partial charge in [0.2, 0.25) is 0 Å². The first-order chi connectivity index (χ1) is 13.1. The summed E-state index contributed by atoms with van der Waals surface area (Å²) in [7, 11) is 0. The number of hydrogen-bond acceptors (Lipinski definition) is 4. The van der Waals surface area contributed by atoms with E-state index in [1.807, 2.05) is 49.1 Å². The molecule has 1 aliphatic heterocycles. The second-order valence-electron chi connectivity index (χ2n) is 6.92. The van der Waals surface area contributed by atoms with E-state index in [-0.39, 0.29) is 24.6 Å². The highest BCUT2D eigenvalue weighted by Gasteiger charge is 2.29. The van der Waals surface area contributed by atoms with E-state index >= 15 is 0 Å². The van der Waals surface area contributed by atoms with Crippen molar-refractivity contribution in [3.8, 4) is 11.5 Å². The summed E-state index contributed by atoms with van der Waals surface area (Å²) >= 11 is 0. The lowest BCUT2D eigenvalue weighted by molar-refractivity contribution is -0.140. The topological polar surface area (TPSA) is 55.8 Å². The normalized spacial score (nSPS) is 19.4. The Hall–Kier alpha value is -2.82. The number of rotatable bonds is 5. The van der Waals surface area contributed by atoms with E-state index in [2.05, 4.69) is 0 Å². The third-order valence-corrected chi connectivity index (χ3v) is 4.89. The fraction of sp³-hybridized carbons (Fsp3) is 0.364. The van der Waals surface area contributed by atoms with Gasteiger partial charge in [0.05, 0.1) is 0 Å². The number of carbonyl (C=O) groups excluding carboxylic acids is 2. The SMILES string of the molecule is C[C@H]1CCC[C@H](C)N1C(=O)COC(=O)c1ccccc1Oc1ccccc1. The Morgan fingerprint density at radius 3 is 2.30 bits per heavy atom. The molecule has 5 nitrogen and oxygen atoms in total. The zero-order chi connectivity index (χ0) is 19.2. The first-order valence-electron chi connectivity index (χ1n) is 9.36. The molecular formula is C22H25NO4. The number of esters is 1. The second kappa shape index (κ2) is 8.71. The van der Waals surface area contributed by atoms with Crippen molar-refractivity contribution in [2.45, 2.75) is 45.2 Å². The van der Waals surface area contributed by atoms with Crippen LogP contribution in [0.15, 0.2) is 54.6 Å². The minimum Gasteiger partial charge on any atom is -0.456 e. The van der Waals surface area contributed by atoms with E-state index in [1.165, 1.54) is 0 Å². The molecule has 3 rings (SSSR count). The van der Waals surface area contributed by atoms with Crippen molar-refractivity contribution < 1.29 is 19.1 Å². The zero-order valence-electron chi connectivity index (χ0n) is 15.8. The maximum Gasteiger partial charge on any atom is 0.342 e. The van der Waals surface area contributed by atoms with Gasteiger partial charge >= 0.3 is 5.97 Å². The Kier molecular flexibility index (Phi) is 6.12. The molecule has 1 amide bonds. The first-order valence-corrected chi connectivity index (χ1v) is 9.36. The van der Waals surface area contributed by atoms with E-state index in [4.69, 9.17) is 9.47 Å². The van der Waals surface area contributed by atoms with Crippen molar-refractivity contribution in [1.29, 1.82) is 0 Å². The summed E-state index contributed by atoms with van der Waals surface area (Å²) in [5.74, 6) is 0.322. The average Bonchev–Trinajstić information content (AvgIpc) is 2.67. The summed E-state index contributed by atoms with van der Waals surface area (Å²) in [5.41, 5.74) is 0.300. The lowest BCUT2D eigenvalue weighted by Crippen LogP contribution is -2.49. The van der Waals surface area contributed by atoms with Gasteiger partial charge in [0.25, 0.3) is 5.91 Å². The average molecular weight is 367 g/mol. The summed E-state index contributed by atoms with van der Waals surface area (Å²) in [4.78, 5) is 26.9. The van der Waals surface area contributed by atoms with Gasteiger partial charge in [-0.05, 0) is 57.4 Å². The van der Waals surface area contributed by atoms with Crippen LogP contribution in [0.4, 0.5) is 0 Å². The predicted molar refractivity (Wildman–Crippen MR) is 103 cm³/mol. The Balaban J connectivity index is 1.65. The summed E-state index contributed by atoms with van der Waals surface area (Å²) in [6.07, 6.45) is 3.09. The van der Waals surface area contributed by atoms with Crippen LogP contribution < -0.4 is 4.74 Å². The summed E-state index contributed by atoms with van der Waals surface area (Å²) < 4.78 is 11.1. The quantitative estimate of drug-likeness (QED) is 0.734. The largest absolute Gasteiger partial charge is 0.456 e. The highest BCUT2D eigenvalue weighted by atomic mass is 16.5. The molecule has 0 saturated carbocycles. The van der Waals surface area contributed by atoms with Gasteiger partial charge in [-0.15, -0.1) is 0 Å². The third kappa shape index (κ3) is 4.67. The molecule has 27 heavy (non-hydrogen) atoms. The van der Waals surface area contributed by atoms with Crippen LogP contribution in [0.3, 0.4) is 0 Å². The number of ether oxygens (including phenoxy) is 2. The number of likely N-dealkylation sites (tertiary alicyclic amines) is 1. The maximum atomic E-state index is 12.5. The van der Waals surface area contributed by atoms with Crippen LogP contribution >= 0.6 is 0 Å². The van der Waals surface area contributed by atoms with Gasteiger partial charge < -0.3 is 14.4 Å². The van der Waals surface area contributed by atoms with E-state index in [0.29, 0.717) is 17.1 Å². The fourth-order valence-corrected chi connectivity index (χ4v) is 3.53. The number of carbonyl (C=O) groups is 2. The summed E-state index contributed by atoms with van der Waals surface area (Å²) in [6, 6.07) is 16.4. The molecule has 2 atom stereocenters. The van der Waals surface area contributed by atoms with Gasteiger partial charge in [0.1, 0.15) is 17.1 Å². The Labute approximate surface area is 159 Å². The molecule has 0 bridgehead atoms. The molecule has 1 fully saturated rings. The van der Waals surface area contributed by atoms with E-state index in [1.54, 1.807) is 24.3 Å². The van der Waals surface area contributed by atoms with Gasteiger partial charge in [0.15, 0.2) is 6.61 Å². The van der Waals surface area contributed by atoms with Gasteiger partial charge in [-0.1, -0.05) is 30.3 Å². The van der Waals surface area contributed by atoms with Crippen LogP contribution in [0.1, 0.15) is 43.5 Å². The number of para-hydroxylation sites is 2. The summed E-state index contributed by atoms with van der Waals surface area (Å²) in [5, 5.41) is 0. The van der Waals surface area contributed by atoms with E-state index in [0.717, 1.165) is 19.3 Å². The van der Waals surface area contributed by atoms with Crippen molar-refractivity contribution in [3.05, 3.63) is 60.2 Å².